The Balaban J connectivity index is 2.14. The van der Waals surface area contributed by atoms with E-state index in [1.54, 1.807) is 24.3 Å². The van der Waals surface area contributed by atoms with Gasteiger partial charge in [-0.3, -0.25) is 4.79 Å². The summed E-state index contributed by atoms with van der Waals surface area (Å²) in [5, 5.41) is 9.82. The normalized spacial score (nSPS) is 10.1. The predicted molar refractivity (Wildman–Crippen MR) is 83.3 cm³/mol. The largest absolute Gasteiger partial charge is 0.507 e. The minimum Gasteiger partial charge on any atom is -0.507 e. The average Bonchev–Trinajstić information content (AvgIpc) is 2.47. The molecule has 6 heteroatoms. The average molecular weight is 308 g/mol. The molecule has 1 N–H and O–H groups in total. The van der Waals surface area contributed by atoms with Gasteiger partial charge in [-0.25, -0.2) is 0 Å². The van der Waals surface area contributed by atoms with E-state index in [1.807, 2.05) is 12.1 Å². The van der Waals surface area contributed by atoms with Crippen LogP contribution in [0, 0.1) is 0 Å². The van der Waals surface area contributed by atoms with E-state index in [1.165, 1.54) is 6.07 Å². The van der Waals surface area contributed by atoms with Crippen LogP contribution in [0.4, 0.5) is 0 Å². The molecule has 2 aromatic carbocycles. The Bertz CT molecular complexity index is 611. The molecular formula is C14H14O4P2. The highest BCUT2D eigenvalue weighted by Crippen LogP contribution is 2.26. The lowest BCUT2D eigenvalue weighted by atomic mass is 10.0. The maximum absolute atomic E-state index is 12.1. The third-order valence-electron chi connectivity index (χ3n) is 2.83. The second-order valence-corrected chi connectivity index (χ2v) is 4.63. The second kappa shape index (κ2) is 6.69. The number of carbonyl (C=O) groups is 1. The molecule has 4 nitrogen and oxygen atoms in total. The smallest absolute Gasteiger partial charge is 0.170 e. The predicted octanol–water partition coefficient (Wildman–Crippen LogP) is 3.16. The van der Waals surface area contributed by atoms with Gasteiger partial charge in [0.1, 0.15) is 17.2 Å². The van der Waals surface area contributed by atoms with Crippen molar-refractivity contribution >= 4 is 24.7 Å². The summed E-state index contributed by atoms with van der Waals surface area (Å²) in [6.07, 6.45) is 0.214. The van der Waals surface area contributed by atoms with Gasteiger partial charge >= 0.3 is 0 Å². The van der Waals surface area contributed by atoms with Crippen molar-refractivity contribution in [3.05, 3.63) is 53.6 Å². The van der Waals surface area contributed by atoms with E-state index >= 15 is 0 Å². The van der Waals surface area contributed by atoms with Crippen molar-refractivity contribution in [1.29, 1.82) is 0 Å². The Morgan fingerprint density at radius 1 is 1.00 bits per heavy atom. The van der Waals surface area contributed by atoms with E-state index in [0.717, 1.165) is 5.56 Å². The lowest BCUT2D eigenvalue weighted by Gasteiger charge is -2.06. The molecule has 0 heterocycles. The van der Waals surface area contributed by atoms with Gasteiger partial charge in [0.15, 0.2) is 5.78 Å². The van der Waals surface area contributed by atoms with Gasteiger partial charge in [-0.1, -0.05) is 12.1 Å². The lowest BCUT2D eigenvalue weighted by molar-refractivity contribution is 0.0990. The molecule has 0 spiro atoms. The summed E-state index contributed by atoms with van der Waals surface area (Å²) in [5.41, 5.74) is 1.13. The summed E-state index contributed by atoms with van der Waals surface area (Å²) in [6, 6.07) is 11.8. The molecule has 0 aromatic heterocycles. The van der Waals surface area contributed by atoms with Gasteiger partial charge in [0, 0.05) is 12.5 Å². The van der Waals surface area contributed by atoms with Crippen LogP contribution in [-0.2, 0) is 6.42 Å². The number of aromatic hydroxyl groups is 1. The van der Waals surface area contributed by atoms with Crippen LogP contribution in [0.5, 0.6) is 17.2 Å². The molecule has 0 amide bonds. The quantitative estimate of drug-likeness (QED) is 0.681. The molecule has 0 saturated heterocycles. The summed E-state index contributed by atoms with van der Waals surface area (Å²) < 4.78 is 9.88. The lowest BCUT2D eigenvalue weighted by Crippen LogP contribution is -2.03. The van der Waals surface area contributed by atoms with Crippen LogP contribution in [0.25, 0.3) is 0 Å². The number of Topliss-reactive ketones (excluding diaryl/α,β-unsaturated/α-hetero) is 1. The SMILES string of the molecule is O=C(Cc1ccc(OP)cc1)c1ccc(OP)cc1O. The summed E-state index contributed by atoms with van der Waals surface area (Å²) >= 11 is 0. The third-order valence-corrected chi connectivity index (χ3v) is 3.37. The molecule has 104 valence electrons. The van der Waals surface area contributed by atoms with Crippen LogP contribution >= 0.6 is 18.9 Å². The molecule has 0 bridgehead atoms. The number of hydrogen-bond donors (Lipinski definition) is 1. The summed E-state index contributed by atoms with van der Waals surface area (Å²) in [4.78, 5) is 12.1. The highest BCUT2D eigenvalue weighted by Gasteiger charge is 2.12. The Morgan fingerprint density at radius 3 is 2.15 bits per heavy atom. The van der Waals surface area contributed by atoms with E-state index in [-0.39, 0.29) is 23.5 Å². The number of carbonyl (C=O) groups excluding carboxylic acids is 1. The zero-order valence-corrected chi connectivity index (χ0v) is 12.9. The van der Waals surface area contributed by atoms with Crippen molar-refractivity contribution in [1.82, 2.24) is 0 Å². The maximum atomic E-state index is 12.1. The molecule has 0 aliphatic rings. The van der Waals surface area contributed by atoms with Crippen molar-refractivity contribution < 1.29 is 18.9 Å². The molecule has 0 fully saturated rings. The third kappa shape index (κ3) is 3.47. The van der Waals surface area contributed by atoms with E-state index in [0.29, 0.717) is 11.5 Å². The van der Waals surface area contributed by atoms with Gasteiger partial charge in [0.05, 0.1) is 24.5 Å². The fourth-order valence-corrected chi connectivity index (χ4v) is 2.09. The first-order valence-electron chi connectivity index (χ1n) is 5.82. The molecule has 2 atom stereocenters. The van der Waals surface area contributed by atoms with Crippen molar-refractivity contribution in [2.24, 2.45) is 0 Å². The van der Waals surface area contributed by atoms with Crippen molar-refractivity contribution in [2.75, 3.05) is 0 Å². The van der Waals surface area contributed by atoms with Crippen molar-refractivity contribution in [3.63, 3.8) is 0 Å². The first-order valence-corrected chi connectivity index (χ1v) is 6.77. The highest BCUT2D eigenvalue weighted by atomic mass is 31.0. The van der Waals surface area contributed by atoms with Gasteiger partial charge < -0.3 is 14.2 Å². The van der Waals surface area contributed by atoms with E-state index in [2.05, 4.69) is 18.9 Å². The molecule has 0 radical (unpaired) electrons. The monoisotopic (exact) mass is 308 g/mol. The van der Waals surface area contributed by atoms with Crippen LogP contribution in [0.15, 0.2) is 42.5 Å². The summed E-state index contributed by atoms with van der Waals surface area (Å²) in [6.45, 7) is 0. The summed E-state index contributed by atoms with van der Waals surface area (Å²) in [7, 11) is 4.25. The number of phenols is 1. The van der Waals surface area contributed by atoms with E-state index in [9.17, 15) is 9.90 Å². The van der Waals surface area contributed by atoms with Crippen LogP contribution in [0.3, 0.4) is 0 Å². The van der Waals surface area contributed by atoms with Crippen LogP contribution < -0.4 is 9.05 Å². The molecule has 0 aliphatic carbocycles. The Kier molecular flexibility index (Phi) is 4.94. The van der Waals surface area contributed by atoms with Crippen LogP contribution in [0.1, 0.15) is 15.9 Å². The fourth-order valence-electron chi connectivity index (χ4n) is 1.79. The molecule has 0 aliphatic heterocycles. The van der Waals surface area contributed by atoms with Gasteiger partial charge in [-0.2, -0.15) is 0 Å². The number of ketones is 1. The van der Waals surface area contributed by atoms with Crippen molar-refractivity contribution in [2.45, 2.75) is 6.42 Å². The minimum atomic E-state index is -0.155. The van der Waals surface area contributed by atoms with Gasteiger partial charge in [0.2, 0.25) is 0 Å². The molecule has 20 heavy (non-hydrogen) atoms. The summed E-state index contributed by atoms with van der Waals surface area (Å²) in [5.74, 6) is 0.944. The molecule has 0 saturated carbocycles. The Morgan fingerprint density at radius 2 is 1.60 bits per heavy atom. The zero-order valence-electron chi connectivity index (χ0n) is 10.6. The Labute approximate surface area is 121 Å². The van der Waals surface area contributed by atoms with Gasteiger partial charge in [-0.05, 0) is 29.8 Å². The zero-order chi connectivity index (χ0) is 14.5. The minimum absolute atomic E-state index is 0.0835. The number of rotatable bonds is 5. The van der Waals surface area contributed by atoms with E-state index in [4.69, 9.17) is 9.05 Å². The number of hydrogen-bond acceptors (Lipinski definition) is 4. The second-order valence-electron chi connectivity index (χ2n) is 4.16. The number of benzene rings is 2. The molecular weight excluding hydrogens is 294 g/mol. The van der Waals surface area contributed by atoms with Crippen LogP contribution in [-0.4, -0.2) is 10.9 Å². The standard InChI is InChI=1S/C14H14O4P2/c15-13(7-9-1-3-10(17-19)4-2-9)12-6-5-11(18-20)8-14(12)16/h1-6,8,16H,7,19-20H2. The topological polar surface area (TPSA) is 55.8 Å². The fraction of sp³-hybridized carbons (Fsp3) is 0.0714. The van der Waals surface area contributed by atoms with E-state index < -0.39 is 0 Å². The first kappa shape index (κ1) is 14.8. The van der Waals surface area contributed by atoms with Crippen molar-refractivity contribution in [3.8, 4) is 17.2 Å². The molecule has 2 aromatic rings. The van der Waals surface area contributed by atoms with Crippen LogP contribution in [0.2, 0.25) is 0 Å². The Hall–Kier alpha value is -1.63. The molecule has 2 rings (SSSR count). The highest BCUT2D eigenvalue weighted by molar-refractivity contribution is 7.10. The maximum Gasteiger partial charge on any atom is 0.170 e. The number of phenolic OH excluding ortho intramolecular Hbond substituents is 1. The van der Waals surface area contributed by atoms with Gasteiger partial charge in [0.25, 0.3) is 0 Å². The van der Waals surface area contributed by atoms with Gasteiger partial charge in [-0.15, -0.1) is 0 Å². The molecule has 2 unspecified atom stereocenters. The first-order chi connectivity index (χ1) is 9.63.